The standard InChI is InChI=1S/C17H24N2O3/c1-17(8-4-10-22-17)12-18-16(20)19-9-7-14-13(11-19)5-3-6-15(14)21-2/h3,5-6H,4,7-12H2,1-2H3,(H,18,20). The van der Waals surface area contributed by atoms with Crippen LogP contribution in [0.2, 0.25) is 0 Å². The molecule has 0 aromatic heterocycles. The highest BCUT2D eigenvalue weighted by Gasteiger charge is 2.31. The number of carbonyl (C=O) groups is 1. The number of nitrogens with one attached hydrogen (secondary N) is 1. The maximum absolute atomic E-state index is 12.4. The van der Waals surface area contributed by atoms with Crippen LogP contribution in [-0.4, -0.2) is 43.3 Å². The van der Waals surface area contributed by atoms with E-state index < -0.39 is 0 Å². The van der Waals surface area contributed by atoms with Gasteiger partial charge in [0.2, 0.25) is 0 Å². The molecule has 1 saturated heterocycles. The topological polar surface area (TPSA) is 50.8 Å². The van der Waals surface area contributed by atoms with Crippen molar-refractivity contribution in [2.24, 2.45) is 0 Å². The highest BCUT2D eigenvalue weighted by molar-refractivity contribution is 5.74. The van der Waals surface area contributed by atoms with Crippen LogP contribution in [-0.2, 0) is 17.7 Å². The zero-order valence-electron chi connectivity index (χ0n) is 13.4. The Kier molecular flexibility index (Phi) is 4.25. The van der Waals surface area contributed by atoms with E-state index in [0.717, 1.165) is 38.2 Å². The Balaban J connectivity index is 1.60. The van der Waals surface area contributed by atoms with Crippen LogP contribution in [0.3, 0.4) is 0 Å². The minimum Gasteiger partial charge on any atom is -0.496 e. The molecule has 2 aliphatic rings. The van der Waals surface area contributed by atoms with E-state index in [0.29, 0.717) is 13.1 Å². The van der Waals surface area contributed by atoms with Crippen LogP contribution >= 0.6 is 0 Å². The van der Waals surface area contributed by atoms with Crippen LogP contribution < -0.4 is 10.1 Å². The molecule has 5 nitrogen and oxygen atoms in total. The van der Waals surface area contributed by atoms with E-state index in [1.807, 2.05) is 17.0 Å². The lowest BCUT2D eigenvalue weighted by Gasteiger charge is -2.31. The lowest BCUT2D eigenvalue weighted by Crippen LogP contribution is -2.47. The van der Waals surface area contributed by atoms with Crippen LogP contribution in [0.25, 0.3) is 0 Å². The predicted octanol–water partition coefficient (Wildman–Crippen LogP) is 2.33. The van der Waals surface area contributed by atoms with E-state index in [1.54, 1.807) is 7.11 Å². The van der Waals surface area contributed by atoms with Gasteiger partial charge in [-0.25, -0.2) is 4.79 Å². The Morgan fingerprint density at radius 3 is 3.09 bits per heavy atom. The number of methoxy groups -OCH3 is 1. The Morgan fingerprint density at radius 2 is 2.36 bits per heavy atom. The summed E-state index contributed by atoms with van der Waals surface area (Å²) in [5.41, 5.74) is 2.19. The van der Waals surface area contributed by atoms with Crippen molar-refractivity contribution < 1.29 is 14.3 Å². The van der Waals surface area contributed by atoms with Gasteiger partial charge in [-0.15, -0.1) is 0 Å². The van der Waals surface area contributed by atoms with E-state index in [1.165, 1.54) is 11.1 Å². The molecule has 22 heavy (non-hydrogen) atoms. The van der Waals surface area contributed by atoms with Gasteiger partial charge < -0.3 is 19.7 Å². The largest absolute Gasteiger partial charge is 0.496 e. The van der Waals surface area contributed by atoms with Gasteiger partial charge in [0, 0.05) is 31.8 Å². The van der Waals surface area contributed by atoms with Crippen molar-refractivity contribution in [1.29, 1.82) is 0 Å². The lowest BCUT2D eigenvalue weighted by atomic mass is 9.99. The van der Waals surface area contributed by atoms with E-state index in [4.69, 9.17) is 9.47 Å². The fraction of sp³-hybridized carbons (Fsp3) is 0.588. The Labute approximate surface area is 131 Å². The molecule has 0 bridgehead atoms. The zero-order chi connectivity index (χ0) is 15.6. The van der Waals surface area contributed by atoms with E-state index in [9.17, 15) is 4.79 Å². The molecule has 0 saturated carbocycles. The van der Waals surface area contributed by atoms with E-state index in [-0.39, 0.29) is 11.6 Å². The summed E-state index contributed by atoms with van der Waals surface area (Å²) in [4.78, 5) is 14.3. The fourth-order valence-electron chi connectivity index (χ4n) is 3.29. The van der Waals surface area contributed by atoms with Crippen LogP contribution in [0.4, 0.5) is 4.79 Å². The first-order valence-corrected chi connectivity index (χ1v) is 7.93. The molecular weight excluding hydrogens is 280 g/mol. The molecule has 0 radical (unpaired) electrons. The molecule has 1 N–H and O–H groups in total. The van der Waals surface area contributed by atoms with Crippen molar-refractivity contribution in [3.8, 4) is 5.75 Å². The van der Waals surface area contributed by atoms with Crippen LogP contribution in [0.5, 0.6) is 5.75 Å². The number of benzene rings is 1. The molecule has 1 fully saturated rings. The molecule has 1 atom stereocenters. The summed E-state index contributed by atoms with van der Waals surface area (Å²) < 4.78 is 11.1. The molecule has 0 spiro atoms. The Bertz CT molecular complexity index is 553. The predicted molar refractivity (Wildman–Crippen MR) is 84.1 cm³/mol. The second-order valence-electron chi connectivity index (χ2n) is 6.33. The molecular formula is C17H24N2O3. The minimum absolute atomic E-state index is 0.00908. The van der Waals surface area contributed by atoms with Gasteiger partial charge in [-0.05, 0) is 37.8 Å². The maximum atomic E-state index is 12.4. The van der Waals surface area contributed by atoms with Gasteiger partial charge in [-0.2, -0.15) is 0 Å². The summed E-state index contributed by atoms with van der Waals surface area (Å²) in [6.45, 7) is 4.79. The van der Waals surface area contributed by atoms with Crippen molar-refractivity contribution >= 4 is 6.03 Å². The molecule has 1 aromatic carbocycles. The third kappa shape index (κ3) is 3.04. The Hall–Kier alpha value is -1.75. The third-order valence-electron chi connectivity index (χ3n) is 4.64. The van der Waals surface area contributed by atoms with Crippen molar-refractivity contribution in [2.45, 2.75) is 38.3 Å². The van der Waals surface area contributed by atoms with E-state index in [2.05, 4.69) is 18.3 Å². The van der Waals surface area contributed by atoms with Gasteiger partial charge in [0.25, 0.3) is 0 Å². The van der Waals surface area contributed by atoms with Gasteiger partial charge >= 0.3 is 6.03 Å². The number of hydrogen-bond acceptors (Lipinski definition) is 3. The number of carbonyl (C=O) groups excluding carboxylic acids is 1. The average Bonchev–Trinajstić information content (AvgIpc) is 2.98. The summed E-state index contributed by atoms with van der Waals surface area (Å²) in [7, 11) is 1.69. The highest BCUT2D eigenvalue weighted by Crippen LogP contribution is 2.28. The van der Waals surface area contributed by atoms with Gasteiger partial charge in [0.15, 0.2) is 0 Å². The monoisotopic (exact) mass is 304 g/mol. The number of ether oxygens (including phenoxy) is 2. The summed E-state index contributed by atoms with van der Waals surface area (Å²) in [6.07, 6.45) is 2.91. The van der Waals surface area contributed by atoms with Crippen molar-refractivity contribution in [1.82, 2.24) is 10.2 Å². The zero-order valence-corrected chi connectivity index (χ0v) is 13.4. The summed E-state index contributed by atoms with van der Waals surface area (Å²) in [5, 5.41) is 3.02. The number of fused-ring (bicyclic) bond motifs is 1. The molecule has 2 heterocycles. The maximum Gasteiger partial charge on any atom is 0.317 e. The molecule has 0 aliphatic carbocycles. The summed E-state index contributed by atoms with van der Waals surface area (Å²) in [5.74, 6) is 0.921. The average molecular weight is 304 g/mol. The van der Waals surface area contributed by atoms with Crippen LogP contribution in [0, 0.1) is 0 Å². The second kappa shape index (κ2) is 6.16. The van der Waals surface area contributed by atoms with Gasteiger partial charge in [0.05, 0.1) is 12.7 Å². The van der Waals surface area contributed by atoms with Crippen molar-refractivity contribution in [3.63, 3.8) is 0 Å². The first-order chi connectivity index (χ1) is 10.6. The number of amides is 2. The summed E-state index contributed by atoms with van der Waals surface area (Å²) in [6, 6.07) is 6.02. The minimum atomic E-state index is -0.202. The number of urea groups is 1. The SMILES string of the molecule is COc1cccc2c1CCN(C(=O)NCC1(C)CCCO1)C2. The summed E-state index contributed by atoms with van der Waals surface area (Å²) >= 11 is 0. The first-order valence-electron chi connectivity index (χ1n) is 7.93. The van der Waals surface area contributed by atoms with Crippen molar-refractivity contribution in [3.05, 3.63) is 29.3 Å². The van der Waals surface area contributed by atoms with Gasteiger partial charge in [-0.3, -0.25) is 0 Å². The number of rotatable bonds is 3. The lowest BCUT2D eigenvalue weighted by molar-refractivity contribution is 0.0218. The molecule has 1 aromatic rings. The third-order valence-corrected chi connectivity index (χ3v) is 4.64. The van der Waals surface area contributed by atoms with Gasteiger partial charge in [0.1, 0.15) is 5.75 Å². The second-order valence-corrected chi connectivity index (χ2v) is 6.33. The highest BCUT2D eigenvalue weighted by atomic mass is 16.5. The number of nitrogens with zero attached hydrogens (tertiary/aromatic N) is 1. The smallest absolute Gasteiger partial charge is 0.317 e. The molecule has 120 valence electrons. The Morgan fingerprint density at radius 1 is 1.50 bits per heavy atom. The molecule has 1 unspecified atom stereocenters. The molecule has 5 heteroatoms. The molecule has 2 amide bonds. The van der Waals surface area contributed by atoms with E-state index >= 15 is 0 Å². The number of hydrogen-bond donors (Lipinski definition) is 1. The van der Waals surface area contributed by atoms with Crippen LogP contribution in [0.1, 0.15) is 30.9 Å². The van der Waals surface area contributed by atoms with Gasteiger partial charge in [-0.1, -0.05) is 12.1 Å². The normalized spacial score (nSPS) is 24.0. The molecule has 3 rings (SSSR count). The fourth-order valence-corrected chi connectivity index (χ4v) is 3.29. The first kappa shape index (κ1) is 15.2. The van der Waals surface area contributed by atoms with Crippen molar-refractivity contribution in [2.75, 3.05) is 26.8 Å². The quantitative estimate of drug-likeness (QED) is 0.932. The van der Waals surface area contributed by atoms with Crippen LogP contribution in [0.15, 0.2) is 18.2 Å². The molecule has 2 aliphatic heterocycles.